The van der Waals surface area contributed by atoms with Crippen LogP contribution in [0.1, 0.15) is 71.6 Å². The van der Waals surface area contributed by atoms with Gasteiger partial charge in [-0.2, -0.15) is 0 Å². The van der Waals surface area contributed by atoms with Gasteiger partial charge >= 0.3 is 5.69 Å². The molecule has 3 atom stereocenters. The summed E-state index contributed by atoms with van der Waals surface area (Å²) in [7, 11) is -4.02. The standard InChI is InChI=1S/C22H42N2O5Si2/c1-15(25)16-13-24(20(26)23-16)19-12-17(29-31(10,11)22(5,6)7)18(28-19)14-27-30(8,9)21(2,3)4/h13,17-19H,12,14H2,1-11H3,(H,23,26)/t17-,18+,19+/m0/s1. The Labute approximate surface area is 189 Å². The van der Waals surface area contributed by atoms with Crippen LogP contribution in [0.2, 0.25) is 36.3 Å². The Morgan fingerprint density at radius 1 is 1.13 bits per heavy atom. The summed E-state index contributed by atoms with van der Waals surface area (Å²) >= 11 is 0. The van der Waals surface area contributed by atoms with Crippen molar-refractivity contribution in [2.75, 3.05) is 6.61 Å². The van der Waals surface area contributed by atoms with E-state index >= 15 is 0 Å². The summed E-state index contributed by atoms with van der Waals surface area (Å²) in [5.74, 6) is -0.180. The minimum absolute atomic E-state index is 0.0582. The number of rotatable bonds is 7. The first-order valence-electron chi connectivity index (χ1n) is 11.1. The highest BCUT2D eigenvalue weighted by Gasteiger charge is 2.46. The van der Waals surface area contributed by atoms with E-state index in [2.05, 4.69) is 72.7 Å². The van der Waals surface area contributed by atoms with Crippen molar-refractivity contribution in [1.82, 2.24) is 9.55 Å². The normalized spacial score (nSPS) is 23.4. The Morgan fingerprint density at radius 3 is 2.13 bits per heavy atom. The molecule has 178 valence electrons. The molecule has 1 saturated heterocycles. The van der Waals surface area contributed by atoms with Gasteiger partial charge in [-0.05, 0) is 36.3 Å². The van der Waals surface area contributed by atoms with Gasteiger partial charge in [0.15, 0.2) is 22.4 Å². The van der Waals surface area contributed by atoms with Crippen molar-refractivity contribution in [3.05, 3.63) is 22.4 Å². The molecule has 0 aliphatic carbocycles. The van der Waals surface area contributed by atoms with Crippen LogP contribution < -0.4 is 5.69 Å². The first-order chi connectivity index (χ1) is 13.9. The largest absolute Gasteiger partial charge is 0.414 e. The summed E-state index contributed by atoms with van der Waals surface area (Å²) in [6.07, 6.45) is 1.18. The Kier molecular flexibility index (Phi) is 7.40. The maximum absolute atomic E-state index is 12.5. The molecular weight excluding hydrogens is 428 g/mol. The minimum Gasteiger partial charge on any atom is -0.414 e. The highest BCUT2D eigenvalue weighted by Crippen LogP contribution is 2.42. The SMILES string of the molecule is CC(=O)c1cn([C@H]2C[C@H](O[Si](C)(C)C(C)(C)C)[C@@H](CO[Si](C)(C)C(C)(C)C)O2)c(=O)[nH]1. The molecule has 31 heavy (non-hydrogen) atoms. The quantitative estimate of drug-likeness (QED) is 0.444. The van der Waals surface area contributed by atoms with Gasteiger partial charge in [0.1, 0.15) is 18.0 Å². The van der Waals surface area contributed by atoms with Gasteiger partial charge < -0.3 is 18.6 Å². The number of H-pyrrole nitrogens is 1. The molecule has 1 N–H and O–H groups in total. The molecule has 0 radical (unpaired) electrons. The molecule has 0 spiro atoms. The number of carbonyl (C=O) groups excluding carboxylic acids is 1. The number of carbonyl (C=O) groups is 1. The zero-order valence-electron chi connectivity index (χ0n) is 21.2. The molecule has 1 fully saturated rings. The number of ketones is 1. The zero-order chi connectivity index (χ0) is 24.0. The Bertz CT molecular complexity index is 845. The molecule has 7 nitrogen and oxygen atoms in total. The lowest BCUT2D eigenvalue weighted by Crippen LogP contribution is -2.48. The predicted octanol–water partition coefficient (Wildman–Crippen LogP) is 5.08. The Hall–Kier alpha value is -1.01. The second-order valence-electron chi connectivity index (χ2n) is 11.8. The van der Waals surface area contributed by atoms with E-state index in [0.717, 1.165) is 0 Å². The van der Waals surface area contributed by atoms with Crippen molar-refractivity contribution in [1.29, 1.82) is 0 Å². The van der Waals surface area contributed by atoms with Gasteiger partial charge in [-0.3, -0.25) is 9.36 Å². The highest BCUT2D eigenvalue weighted by molar-refractivity contribution is 6.74. The maximum atomic E-state index is 12.5. The molecule has 0 amide bonds. The van der Waals surface area contributed by atoms with Gasteiger partial charge in [-0.1, -0.05) is 41.5 Å². The van der Waals surface area contributed by atoms with Crippen LogP contribution in [0.25, 0.3) is 0 Å². The second kappa shape index (κ2) is 8.74. The van der Waals surface area contributed by atoms with Crippen LogP contribution >= 0.6 is 0 Å². The van der Waals surface area contributed by atoms with E-state index in [1.807, 2.05) is 0 Å². The maximum Gasteiger partial charge on any atom is 0.328 e. The fourth-order valence-corrected chi connectivity index (χ4v) is 5.38. The minimum atomic E-state index is -2.05. The molecule has 2 heterocycles. The Balaban J connectivity index is 2.29. The van der Waals surface area contributed by atoms with Crippen LogP contribution in [-0.4, -0.2) is 50.8 Å². The summed E-state index contributed by atoms with van der Waals surface area (Å²) in [5, 5.41) is 0.150. The number of ether oxygens (including phenoxy) is 1. The predicted molar refractivity (Wildman–Crippen MR) is 129 cm³/mol. The van der Waals surface area contributed by atoms with Crippen molar-refractivity contribution in [3.63, 3.8) is 0 Å². The number of Topliss-reactive ketones (excluding diaryl/α,β-unsaturated/α-hetero) is 1. The van der Waals surface area contributed by atoms with Crippen LogP contribution in [0, 0.1) is 0 Å². The van der Waals surface area contributed by atoms with E-state index in [0.29, 0.717) is 13.0 Å². The average molecular weight is 471 g/mol. The number of imidazole rings is 1. The van der Waals surface area contributed by atoms with Crippen molar-refractivity contribution in [2.24, 2.45) is 0 Å². The van der Waals surface area contributed by atoms with Gasteiger partial charge in [-0.15, -0.1) is 0 Å². The summed E-state index contributed by atoms with van der Waals surface area (Å²) in [6, 6.07) is 0. The molecule has 0 saturated carbocycles. The highest BCUT2D eigenvalue weighted by atomic mass is 28.4. The van der Waals surface area contributed by atoms with E-state index < -0.39 is 22.9 Å². The number of nitrogens with zero attached hydrogens (tertiary/aromatic N) is 1. The number of aromatic amines is 1. The molecular formula is C22H42N2O5Si2. The van der Waals surface area contributed by atoms with Crippen molar-refractivity contribution in [3.8, 4) is 0 Å². The fourth-order valence-electron chi connectivity index (χ4n) is 3.01. The van der Waals surface area contributed by atoms with E-state index in [9.17, 15) is 9.59 Å². The molecule has 1 aliphatic rings. The molecule has 1 aliphatic heterocycles. The van der Waals surface area contributed by atoms with Crippen molar-refractivity contribution in [2.45, 2.75) is 110 Å². The van der Waals surface area contributed by atoms with Gasteiger partial charge in [-0.25, -0.2) is 4.79 Å². The van der Waals surface area contributed by atoms with Crippen LogP contribution in [0.15, 0.2) is 11.0 Å². The van der Waals surface area contributed by atoms with E-state index in [-0.39, 0.29) is 39.5 Å². The van der Waals surface area contributed by atoms with Crippen LogP contribution in [0.5, 0.6) is 0 Å². The molecule has 0 unspecified atom stereocenters. The molecule has 9 heteroatoms. The van der Waals surface area contributed by atoms with Crippen molar-refractivity contribution >= 4 is 22.4 Å². The van der Waals surface area contributed by atoms with Gasteiger partial charge in [0, 0.05) is 19.5 Å². The number of nitrogens with one attached hydrogen (secondary N) is 1. The summed E-state index contributed by atoms with van der Waals surface area (Å²) in [6.45, 7) is 24.0. The first-order valence-corrected chi connectivity index (χ1v) is 17.0. The van der Waals surface area contributed by atoms with Crippen LogP contribution in [0.4, 0.5) is 0 Å². The van der Waals surface area contributed by atoms with Gasteiger partial charge in [0.05, 0.1) is 12.7 Å². The van der Waals surface area contributed by atoms with Crippen LogP contribution in [-0.2, 0) is 13.6 Å². The zero-order valence-corrected chi connectivity index (χ0v) is 23.2. The topological polar surface area (TPSA) is 82.5 Å². The number of hydrogen-bond acceptors (Lipinski definition) is 5. The molecule has 0 aromatic carbocycles. The summed E-state index contributed by atoms with van der Waals surface area (Å²) < 4.78 is 21.0. The lowest BCUT2D eigenvalue weighted by molar-refractivity contribution is -0.0406. The monoisotopic (exact) mass is 470 g/mol. The van der Waals surface area contributed by atoms with E-state index in [4.69, 9.17) is 13.6 Å². The molecule has 1 aromatic heterocycles. The van der Waals surface area contributed by atoms with Gasteiger partial charge in [0.2, 0.25) is 0 Å². The average Bonchev–Trinajstić information content (AvgIpc) is 3.14. The lowest BCUT2D eigenvalue weighted by Gasteiger charge is -2.40. The summed E-state index contributed by atoms with van der Waals surface area (Å²) in [4.78, 5) is 26.8. The summed E-state index contributed by atoms with van der Waals surface area (Å²) in [5.41, 5.74) is -0.0521. The van der Waals surface area contributed by atoms with Crippen LogP contribution in [0.3, 0.4) is 0 Å². The third kappa shape index (κ3) is 5.87. The molecule has 0 bridgehead atoms. The molecule has 1 aromatic rings. The molecule has 2 rings (SSSR count). The van der Waals surface area contributed by atoms with Crippen molar-refractivity contribution < 1.29 is 18.4 Å². The smallest absolute Gasteiger partial charge is 0.328 e. The Morgan fingerprint density at radius 2 is 1.68 bits per heavy atom. The second-order valence-corrected chi connectivity index (χ2v) is 21.4. The fraction of sp³-hybridized carbons (Fsp3) is 0.818. The lowest BCUT2D eigenvalue weighted by atomic mass is 10.2. The third-order valence-corrected chi connectivity index (χ3v) is 16.3. The third-order valence-electron chi connectivity index (χ3n) is 7.28. The van der Waals surface area contributed by atoms with E-state index in [1.165, 1.54) is 11.5 Å². The van der Waals surface area contributed by atoms with Gasteiger partial charge in [0.25, 0.3) is 0 Å². The first kappa shape index (κ1) is 26.2. The van der Waals surface area contributed by atoms with E-state index in [1.54, 1.807) is 6.20 Å². The number of aromatic nitrogens is 2. The number of hydrogen-bond donors (Lipinski definition) is 1.